The summed E-state index contributed by atoms with van der Waals surface area (Å²) in [5, 5.41) is 12.6. The molecule has 1 N–H and O–H groups in total. The molecule has 0 unspecified atom stereocenters. The topological polar surface area (TPSA) is 47.3 Å². The minimum absolute atomic E-state index is 0.105. The molecule has 5 aromatic rings. The predicted octanol–water partition coefficient (Wildman–Crippen LogP) is 6.91. The second kappa shape index (κ2) is 9.12. The fourth-order valence-corrected chi connectivity index (χ4v) is 3.93. The molecule has 0 radical (unpaired) electrons. The van der Waals surface area contributed by atoms with Gasteiger partial charge in [-0.25, -0.2) is 0 Å². The van der Waals surface area contributed by atoms with E-state index in [-0.39, 0.29) is 5.88 Å². The summed E-state index contributed by atoms with van der Waals surface area (Å²) in [7, 11) is 0. The minimum atomic E-state index is 0.105. The summed E-state index contributed by atoms with van der Waals surface area (Å²) in [6.07, 6.45) is 5.38. The van der Waals surface area contributed by atoms with Crippen molar-refractivity contribution in [2.75, 3.05) is 0 Å². The number of benzene rings is 3. The zero-order valence-electron chi connectivity index (χ0n) is 17.6. The smallest absolute Gasteiger partial charge is 0.201 e. The van der Waals surface area contributed by atoms with E-state index in [0.717, 1.165) is 33.6 Å². The Kier molecular flexibility index (Phi) is 5.72. The number of aromatic hydroxyl groups is 1. The highest BCUT2D eigenvalue weighted by Crippen LogP contribution is 2.37. The van der Waals surface area contributed by atoms with Gasteiger partial charge in [0.2, 0.25) is 5.88 Å². The van der Waals surface area contributed by atoms with Gasteiger partial charge in [0.15, 0.2) is 0 Å². The number of fused-ring (bicyclic) bond motifs is 1. The monoisotopic (exact) mass is 450 g/mol. The lowest BCUT2D eigenvalue weighted by molar-refractivity contribution is 0.433. The molecule has 0 bridgehead atoms. The molecule has 0 fully saturated rings. The molecule has 5 rings (SSSR count). The Bertz CT molecular complexity index is 1470. The quantitative estimate of drug-likeness (QED) is 0.303. The highest BCUT2D eigenvalue weighted by atomic mass is 35.5. The lowest BCUT2D eigenvalue weighted by Crippen LogP contribution is -1.92. The van der Waals surface area contributed by atoms with E-state index >= 15 is 0 Å². The molecule has 33 heavy (non-hydrogen) atoms. The van der Waals surface area contributed by atoms with Gasteiger partial charge in [-0.15, -0.1) is 0 Å². The van der Waals surface area contributed by atoms with Gasteiger partial charge in [-0.05, 0) is 60.2 Å². The molecule has 4 nitrogen and oxygen atoms in total. The van der Waals surface area contributed by atoms with Gasteiger partial charge in [-0.2, -0.15) is 0 Å². The van der Waals surface area contributed by atoms with E-state index in [1.54, 1.807) is 17.0 Å². The van der Waals surface area contributed by atoms with Crippen molar-refractivity contribution in [3.63, 3.8) is 0 Å². The Morgan fingerprint density at radius 2 is 1.70 bits per heavy atom. The van der Waals surface area contributed by atoms with Crippen LogP contribution in [0.2, 0.25) is 5.02 Å². The highest BCUT2D eigenvalue weighted by molar-refractivity contribution is 6.36. The summed E-state index contributed by atoms with van der Waals surface area (Å²) in [6.45, 7) is 0.335. The van der Waals surface area contributed by atoms with E-state index in [1.165, 1.54) is 0 Å². The highest BCUT2D eigenvalue weighted by Gasteiger charge is 2.13. The summed E-state index contributed by atoms with van der Waals surface area (Å²) >= 11 is 6.49. The number of pyridine rings is 1. The first kappa shape index (κ1) is 20.7. The average molecular weight is 451 g/mol. The first-order chi connectivity index (χ1) is 16.2. The van der Waals surface area contributed by atoms with Crippen molar-refractivity contribution in [1.29, 1.82) is 0 Å². The molecular weight excluding hydrogens is 432 g/mol. The maximum atomic E-state index is 10.7. The molecule has 0 aliphatic heterocycles. The van der Waals surface area contributed by atoms with Crippen molar-refractivity contribution in [3.8, 4) is 40.3 Å². The van der Waals surface area contributed by atoms with Crippen LogP contribution in [-0.4, -0.2) is 14.7 Å². The van der Waals surface area contributed by atoms with E-state index in [2.05, 4.69) is 16.8 Å². The standard InChI is InChI=1S/C28H19ClN2O2/c29-26-17-22(21-7-4-14-30-18-21)16-23-19-31(28(32)27(23)26)15-5-6-20-10-12-25(13-11-20)33-24-8-2-1-3-9-24/h1-4,7-14,16-19,32H,15H2. The minimum Gasteiger partial charge on any atom is -0.494 e. The predicted molar refractivity (Wildman–Crippen MR) is 132 cm³/mol. The molecule has 160 valence electrons. The van der Waals surface area contributed by atoms with Gasteiger partial charge in [-0.1, -0.05) is 47.7 Å². The van der Waals surface area contributed by atoms with Crippen molar-refractivity contribution in [2.45, 2.75) is 6.54 Å². The molecule has 0 aliphatic carbocycles. The molecule has 2 heterocycles. The lowest BCUT2D eigenvalue weighted by Gasteiger charge is -2.04. The van der Waals surface area contributed by atoms with Crippen LogP contribution in [-0.2, 0) is 6.54 Å². The normalized spacial score (nSPS) is 10.6. The number of rotatable bonds is 4. The third-order valence-corrected chi connectivity index (χ3v) is 5.52. The Balaban J connectivity index is 1.34. The van der Waals surface area contributed by atoms with Crippen LogP contribution in [0.4, 0.5) is 0 Å². The van der Waals surface area contributed by atoms with Gasteiger partial charge in [-0.3, -0.25) is 4.98 Å². The summed E-state index contributed by atoms with van der Waals surface area (Å²) in [5.74, 6) is 7.89. The van der Waals surface area contributed by atoms with E-state index in [1.807, 2.05) is 85.1 Å². The number of ether oxygens (including phenoxy) is 1. The van der Waals surface area contributed by atoms with Gasteiger partial charge in [0, 0.05) is 35.1 Å². The summed E-state index contributed by atoms with van der Waals surface area (Å²) in [5.41, 5.74) is 2.78. The van der Waals surface area contributed by atoms with Gasteiger partial charge < -0.3 is 14.4 Å². The molecular formula is C28H19ClN2O2. The fourth-order valence-electron chi connectivity index (χ4n) is 3.62. The average Bonchev–Trinajstić information content (AvgIpc) is 3.17. The van der Waals surface area contributed by atoms with Crippen LogP contribution in [0.15, 0.2) is 97.5 Å². The Hall–Kier alpha value is -4.20. The molecule has 0 saturated heterocycles. The van der Waals surface area contributed by atoms with Crippen LogP contribution >= 0.6 is 11.6 Å². The van der Waals surface area contributed by atoms with Gasteiger partial charge in [0.25, 0.3) is 0 Å². The van der Waals surface area contributed by atoms with Crippen molar-refractivity contribution in [2.24, 2.45) is 0 Å². The molecule has 0 amide bonds. The van der Waals surface area contributed by atoms with Crippen LogP contribution in [0.3, 0.4) is 0 Å². The van der Waals surface area contributed by atoms with Crippen LogP contribution in [0.1, 0.15) is 5.56 Å². The molecule has 0 spiro atoms. The molecule has 5 heteroatoms. The Labute approximate surface area is 196 Å². The molecule has 2 aromatic heterocycles. The summed E-state index contributed by atoms with van der Waals surface area (Å²) in [4.78, 5) is 4.17. The molecule has 0 aliphatic rings. The van der Waals surface area contributed by atoms with Crippen molar-refractivity contribution >= 4 is 22.4 Å². The van der Waals surface area contributed by atoms with Crippen molar-refractivity contribution in [3.05, 3.63) is 108 Å². The number of nitrogens with zero attached hydrogens (tertiary/aromatic N) is 2. The summed E-state index contributed by atoms with van der Waals surface area (Å²) < 4.78 is 7.51. The second-order valence-electron chi connectivity index (χ2n) is 7.49. The SMILES string of the molecule is Oc1c2c(Cl)cc(-c3cccnc3)cc2cn1CC#Cc1ccc(Oc2ccccc2)cc1. The second-order valence-corrected chi connectivity index (χ2v) is 7.89. The van der Waals surface area contributed by atoms with E-state index in [0.29, 0.717) is 17.0 Å². The number of aromatic nitrogens is 2. The largest absolute Gasteiger partial charge is 0.494 e. The number of halogens is 1. The van der Waals surface area contributed by atoms with Crippen LogP contribution < -0.4 is 4.74 Å². The van der Waals surface area contributed by atoms with Crippen molar-refractivity contribution in [1.82, 2.24) is 9.55 Å². The van der Waals surface area contributed by atoms with E-state index in [9.17, 15) is 5.11 Å². The fraction of sp³-hybridized carbons (Fsp3) is 0.0357. The lowest BCUT2D eigenvalue weighted by atomic mass is 10.1. The zero-order valence-corrected chi connectivity index (χ0v) is 18.3. The molecule has 3 aromatic carbocycles. The van der Waals surface area contributed by atoms with E-state index < -0.39 is 0 Å². The Morgan fingerprint density at radius 1 is 0.909 bits per heavy atom. The first-order valence-corrected chi connectivity index (χ1v) is 10.8. The van der Waals surface area contributed by atoms with Crippen LogP contribution in [0, 0.1) is 11.8 Å². The maximum Gasteiger partial charge on any atom is 0.201 e. The van der Waals surface area contributed by atoms with Crippen molar-refractivity contribution < 1.29 is 9.84 Å². The molecule has 0 atom stereocenters. The van der Waals surface area contributed by atoms with Gasteiger partial charge in [0.1, 0.15) is 11.5 Å². The van der Waals surface area contributed by atoms with Gasteiger partial charge >= 0.3 is 0 Å². The third-order valence-electron chi connectivity index (χ3n) is 5.22. The first-order valence-electron chi connectivity index (χ1n) is 10.4. The summed E-state index contributed by atoms with van der Waals surface area (Å²) in [6, 6.07) is 24.9. The van der Waals surface area contributed by atoms with E-state index in [4.69, 9.17) is 16.3 Å². The number of hydrogen-bond acceptors (Lipinski definition) is 3. The molecule has 0 saturated carbocycles. The Morgan fingerprint density at radius 3 is 2.45 bits per heavy atom. The third kappa shape index (κ3) is 4.55. The van der Waals surface area contributed by atoms with Gasteiger partial charge in [0.05, 0.1) is 17.0 Å². The number of hydrogen-bond donors (Lipinski definition) is 1. The van der Waals surface area contributed by atoms with Crippen LogP contribution in [0.25, 0.3) is 21.9 Å². The number of para-hydroxylation sites is 1. The van der Waals surface area contributed by atoms with Crippen LogP contribution in [0.5, 0.6) is 17.4 Å². The zero-order chi connectivity index (χ0) is 22.6. The maximum absolute atomic E-state index is 10.7.